The predicted molar refractivity (Wildman–Crippen MR) is 99.9 cm³/mol. The molecule has 0 saturated heterocycles. The van der Waals surface area contributed by atoms with Crippen molar-refractivity contribution in [1.82, 2.24) is 5.32 Å². The number of rotatable bonds is 7. The number of hydrogen-bond donors (Lipinski definition) is 2. The minimum atomic E-state index is -0.197. The topological polar surface area (TPSA) is 58.6 Å². The van der Waals surface area contributed by atoms with Crippen molar-refractivity contribution in [3.05, 3.63) is 42.0 Å². The lowest BCUT2D eigenvalue weighted by Crippen LogP contribution is -2.43. The zero-order chi connectivity index (χ0) is 17.9. The molecule has 4 nitrogen and oxygen atoms in total. The summed E-state index contributed by atoms with van der Waals surface area (Å²) >= 11 is 0. The highest BCUT2D eigenvalue weighted by Gasteiger charge is 2.36. The van der Waals surface area contributed by atoms with E-state index in [-0.39, 0.29) is 23.8 Å². The molecule has 25 heavy (non-hydrogen) atoms. The molecule has 134 valence electrons. The summed E-state index contributed by atoms with van der Waals surface area (Å²) in [6.07, 6.45) is 4.17. The van der Waals surface area contributed by atoms with Gasteiger partial charge in [-0.25, -0.2) is 0 Å². The van der Waals surface area contributed by atoms with Crippen LogP contribution in [0.25, 0.3) is 10.8 Å². The number of carbonyl (C=O) groups excluding carboxylic acids is 1. The van der Waals surface area contributed by atoms with E-state index in [2.05, 4.69) is 11.4 Å². The van der Waals surface area contributed by atoms with Crippen LogP contribution < -0.4 is 10.1 Å². The molecule has 0 spiro atoms. The van der Waals surface area contributed by atoms with Crippen LogP contribution in [0.2, 0.25) is 0 Å². The summed E-state index contributed by atoms with van der Waals surface area (Å²) in [5.74, 6) is 0.690. The van der Waals surface area contributed by atoms with Crippen molar-refractivity contribution in [3.63, 3.8) is 0 Å². The van der Waals surface area contributed by atoms with Crippen LogP contribution in [0.4, 0.5) is 0 Å². The molecule has 1 amide bonds. The molecule has 0 aromatic heterocycles. The van der Waals surface area contributed by atoms with Gasteiger partial charge < -0.3 is 15.2 Å². The highest BCUT2D eigenvalue weighted by molar-refractivity contribution is 5.88. The molecule has 1 aliphatic rings. The van der Waals surface area contributed by atoms with Crippen molar-refractivity contribution in [1.29, 1.82) is 0 Å². The first kappa shape index (κ1) is 17.7. The SMILES string of the molecule is COc1ccc2cc([C@H](C)C(=O)NCC3(CCO)CCC3)ccc2c1. The summed E-state index contributed by atoms with van der Waals surface area (Å²) in [6, 6.07) is 12.1. The van der Waals surface area contributed by atoms with Crippen LogP contribution in [0.3, 0.4) is 0 Å². The van der Waals surface area contributed by atoms with E-state index in [1.165, 1.54) is 6.42 Å². The van der Waals surface area contributed by atoms with Gasteiger partial charge in [-0.15, -0.1) is 0 Å². The quantitative estimate of drug-likeness (QED) is 0.809. The number of aliphatic hydroxyl groups excluding tert-OH is 1. The van der Waals surface area contributed by atoms with Gasteiger partial charge in [0, 0.05) is 13.2 Å². The van der Waals surface area contributed by atoms with Crippen molar-refractivity contribution < 1.29 is 14.6 Å². The monoisotopic (exact) mass is 341 g/mol. The van der Waals surface area contributed by atoms with Gasteiger partial charge in [0.15, 0.2) is 0 Å². The van der Waals surface area contributed by atoms with E-state index < -0.39 is 0 Å². The maximum Gasteiger partial charge on any atom is 0.227 e. The summed E-state index contributed by atoms with van der Waals surface area (Å²) in [6.45, 7) is 2.81. The normalized spacial score (nSPS) is 16.9. The number of carbonyl (C=O) groups is 1. The number of methoxy groups -OCH3 is 1. The van der Waals surface area contributed by atoms with E-state index in [0.29, 0.717) is 6.54 Å². The van der Waals surface area contributed by atoms with Crippen LogP contribution >= 0.6 is 0 Å². The second kappa shape index (κ2) is 7.44. The Labute approximate surface area is 149 Å². The number of nitrogens with one attached hydrogen (secondary N) is 1. The van der Waals surface area contributed by atoms with Gasteiger partial charge in [-0.3, -0.25) is 4.79 Å². The molecule has 2 N–H and O–H groups in total. The summed E-state index contributed by atoms with van der Waals surface area (Å²) in [5, 5.41) is 14.5. The number of hydrogen-bond acceptors (Lipinski definition) is 3. The molecule has 2 aromatic carbocycles. The van der Waals surface area contributed by atoms with Crippen molar-refractivity contribution in [3.8, 4) is 5.75 Å². The summed E-state index contributed by atoms with van der Waals surface area (Å²) in [7, 11) is 1.66. The lowest BCUT2D eigenvalue weighted by Gasteiger charge is -2.42. The first-order valence-corrected chi connectivity index (χ1v) is 9.03. The van der Waals surface area contributed by atoms with Crippen molar-refractivity contribution in [2.24, 2.45) is 5.41 Å². The molecule has 0 unspecified atom stereocenters. The molecule has 1 saturated carbocycles. The van der Waals surface area contributed by atoms with Gasteiger partial charge in [0.2, 0.25) is 5.91 Å². The molecule has 4 heteroatoms. The van der Waals surface area contributed by atoms with Crippen molar-refractivity contribution in [2.45, 2.75) is 38.5 Å². The standard InChI is InChI=1S/C21H27NO3/c1-15(20(24)22-14-21(10-11-23)8-3-9-21)16-4-5-18-13-19(25-2)7-6-17(18)12-16/h4-7,12-13,15,23H,3,8-11,14H2,1-2H3,(H,22,24)/t15-/m0/s1. The predicted octanol–water partition coefficient (Wildman–Crippen LogP) is 3.62. The maximum atomic E-state index is 12.6. The molecule has 1 aliphatic carbocycles. The average molecular weight is 341 g/mol. The lowest BCUT2D eigenvalue weighted by atomic mass is 9.66. The van der Waals surface area contributed by atoms with Gasteiger partial charge in [0.25, 0.3) is 0 Å². The van der Waals surface area contributed by atoms with Gasteiger partial charge in [0.1, 0.15) is 5.75 Å². The second-order valence-corrected chi connectivity index (χ2v) is 7.24. The third-order valence-electron chi connectivity index (χ3n) is 5.66. The highest BCUT2D eigenvalue weighted by atomic mass is 16.5. The Morgan fingerprint density at radius 1 is 1.24 bits per heavy atom. The molecule has 0 aliphatic heterocycles. The van der Waals surface area contributed by atoms with Crippen LogP contribution in [-0.2, 0) is 4.79 Å². The van der Waals surface area contributed by atoms with Crippen molar-refractivity contribution in [2.75, 3.05) is 20.3 Å². The van der Waals surface area contributed by atoms with Gasteiger partial charge in [-0.05, 0) is 60.1 Å². The Morgan fingerprint density at radius 3 is 2.60 bits per heavy atom. The number of fused-ring (bicyclic) bond motifs is 1. The molecule has 1 fully saturated rings. The minimum Gasteiger partial charge on any atom is -0.497 e. The van der Waals surface area contributed by atoms with Crippen LogP contribution in [-0.4, -0.2) is 31.3 Å². The van der Waals surface area contributed by atoms with Gasteiger partial charge >= 0.3 is 0 Å². The summed E-state index contributed by atoms with van der Waals surface area (Å²) in [4.78, 5) is 12.6. The molecule has 0 bridgehead atoms. The number of amides is 1. The number of benzene rings is 2. The molecular formula is C21H27NO3. The maximum absolute atomic E-state index is 12.6. The Balaban J connectivity index is 1.68. The summed E-state index contributed by atoms with van der Waals surface area (Å²) < 4.78 is 5.26. The first-order chi connectivity index (χ1) is 12.1. The lowest BCUT2D eigenvalue weighted by molar-refractivity contribution is -0.123. The van der Waals surface area contributed by atoms with E-state index in [1.54, 1.807) is 7.11 Å². The first-order valence-electron chi connectivity index (χ1n) is 9.03. The third-order valence-corrected chi connectivity index (χ3v) is 5.66. The van der Waals surface area contributed by atoms with Crippen LogP contribution in [0.15, 0.2) is 36.4 Å². The number of aliphatic hydroxyl groups is 1. The summed E-state index contributed by atoms with van der Waals surface area (Å²) in [5.41, 5.74) is 1.13. The smallest absolute Gasteiger partial charge is 0.227 e. The van der Waals surface area contributed by atoms with E-state index >= 15 is 0 Å². The van der Waals surface area contributed by atoms with E-state index in [1.807, 2.05) is 37.3 Å². The largest absolute Gasteiger partial charge is 0.497 e. The van der Waals surface area contributed by atoms with Crippen LogP contribution in [0, 0.1) is 5.41 Å². The third kappa shape index (κ3) is 3.79. The highest BCUT2D eigenvalue weighted by Crippen LogP contribution is 2.43. The average Bonchev–Trinajstić information content (AvgIpc) is 2.61. The fourth-order valence-electron chi connectivity index (χ4n) is 3.65. The van der Waals surface area contributed by atoms with Gasteiger partial charge in [0.05, 0.1) is 13.0 Å². The zero-order valence-corrected chi connectivity index (χ0v) is 15.0. The fourth-order valence-corrected chi connectivity index (χ4v) is 3.65. The molecular weight excluding hydrogens is 314 g/mol. The molecule has 1 atom stereocenters. The van der Waals surface area contributed by atoms with Crippen LogP contribution in [0.1, 0.15) is 44.1 Å². The Morgan fingerprint density at radius 2 is 1.96 bits per heavy atom. The Bertz CT molecular complexity index is 752. The van der Waals surface area contributed by atoms with E-state index in [9.17, 15) is 9.90 Å². The van der Waals surface area contributed by atoms with Crippen LogP contribution in [0.5, 0.6) is 5.75 Å². The minimum absolute atomic E-state index is 0.0528. The van der Waals surface area contributed by atoms with Crippen molar-refractivity contribution >= 4 is 16.7 Å². The second-order valence-electron chi connectivity index (χ2n) is 7.24. The molecule has 2 aromatic rings. The fraction of sp³-hybridized carbons (Fsp3) is 0.476. The van der Waals surface area contributed by atoms with Gasteiger partial charge in [-0.2, -0.15) is 0 Å². The Kier molecular flexibility index (Phi) is 5.28. The molecule has 0 heterocycles. The molecule has 3 rings (SSSR count). The van der Waals surface area contributed by atoms with E-state index in [0.717, 1.165) is 41.3 Å². The number of ether oxygens (including phenoxy) is 1. The Hall–Kier alpha value is -2.07. The van der Waals surface area contributed by atoms with Gasteiger partial charge in [-0.1, -0.05) is 30.7 Å². The zero-order valence-electron chi connectivity index (χ0n) is 15.0. The van der Waals surface area contributed by atoms with E-state index in [4.69, 9.17) is 4.74 Å². The molecule has 0 radical (unpaired) electrons.